The summed E-state index contributed by atoms with van der Waals surface area (Å²) in [4.78, 5) is 35.2. The number of nitrogens with one attached hydrogen (secondary N) is 1. The van der Waals surface area contributed by atoms with Crippen LogP contribution >= 0.6 is 0 Å². The summed E-state index contributed by atoms with van der Waals surface area (Å²) in [7, 11) is 3.59. The maximum atomic E-state index is 12.9. The van der Waals surface area contributed by atoms with Crippen LogP contribution < -0.4 is 9.39 Å². The molecule has 3 heterocycles. The Morgan fingerprint density at radius 1 is 1.35 bits per heavy atom. The maximum Gasteiger partial charge on any atom is 0.430 e. The number of likely N-dealkylation sites (tertiary alicyclic amines) is 1. The van der Waals surface area contributed by atoms with Crippen LogP contribution in [0.15, 0.2) is 24.7 Å². The van der Waals surface area contributed by atoms with Crippen LogP contribution in [-0.2, 0) is 11.2 Å². The van der Waals surface area contributed by atoms with Crippen molar-refractivity contribution >= 4 is 18.6 Å². The Balaban J connectivity index is 1.47. The molecule has 2 aromatic rings. The molecule has 0 spiro atoms. The van der Waals surface area contributed by atoms with Gasteiger partial charge >= 0.3 is 12.7 Å². The quantitative estimate of drug-likeness (QED) is 0.459. The van der Waals surface area contributed by atoms with E-state index in [1.165, 1.54) is 12.4 Å². The summed E-state index contributed by atoms with van der Waals surface area (Å²) in [5.74, 6) is -1.44. The minimum Gasteiger partial charge on any atom is -0.669 e. The van der Waals surface area contributed by atoms with Gasteiger partial charge in [-0.3, -0.25) is 9.69 Å². The van der Waals surface area contributed by atoms with Gasteiger partial charge in [0.2, 0.25) is 5.91 Å². The van der Waals surface area contributed by atoms with Crippen molar-refractivity contribution in [3.8, 4) is 11.5 Å². The molecule has 2 aliphatic rings. The van der Waals surface area contributed by atoms with Crippen molar-refractivity contribution in [3.05, 3.63) is 41.5 Å². The number of aryl methyl sites for hydroxylation is 1. The Labute approximate surface area is 178 Å². The lowest BCUT2D eigenvalue weighted by atomic mass is 9.70. The summed E-state index contributed by atoms with van der Waals surface area (Å²) in [5, 5.41) is 29.3. The third-order valence-electron chi connectivity index (χ3n) is 5.51. The number of carbonyl (C=O) groups excluding carboxylic acids is 1. The zero-order valence-electron chi connectivity index (χ0n) is 17.2. The number of ether oxygens (including phenoxy) is 1. The number of rotatable bonds is 6. The van der Waals surface area contributed by atoms with E-state index < -0.39 is 24.9 Å². The van der Waals surface area contributed by atoms with Crippen molar-refractivity contribution in [1.29, 1.82) is 0 Å². The first-order chi connectivity index (χ1) is 14.7. The number of aromatic amines is 1. The Bertz CT molecular complexity index is 989. The number of carboxylic acids is 1. The van der Waals surface area contributed by atoms with E-state index in [9.17, 15) is 24.7 Å². The van der Waals surface area contributed by atoms with Crippen LogP contribution in [0.25, 0.3) is 0 Å². The molecule has 4 rings (SSSR count). The molecule has 2 aliphatic heterocycles. The van der Waals surface area contributed by atoms with Crippen LogP contribution in [0.2, 0.25) is 6.32 Å². The molecule has 0 bridgehead atoms. The number of amides is 1. The van der Waals surface area contributed by atoms with E-state index in [-0.39, 0.29) is 35.7 Å². The second-order valence-electron chi connectivity index (χ2n) is 8.09. The van der Waals surface area contributed by atoms with Crippen LogP contribution in [0.4, 0.5) is 0 Å². The highest BCUT2D eigenvalue weighted by Crippen LogP contribution is 2.39. The van der Waals surface area contributed by atoms with Gasteiger partial charge in [0.25, 0.3) is 0 Å². The monoisotopic (exact) mass is 431 g/mol. The lowest BCUT2D eigenvalue weighted by Crippen LogP contribution is -2.58. The van der Waals surface area contributed by atoms with Gasteiger partial charge in [-0.05, 0) is 32.1 Å². The van der Waals surface area contributed by atoms with Gasteiger partial charge in [-0.25, -0.2) is 9.78 Å². The summed E-state index contributed by atoms with van der Waals surface area (Å²) in [6, 6.07) is 2.66. The number of carboxylic acid groups (broad SMARTS) is 1. The summed E-state index contributed by atoms with van der Waals surface area (Å²) in [6.45, 7) is -2.53. The SMILES string of the molecule is CN(C)C(C(=O)N1CC(Oc2ccc3c(c2C(=O)O)O[B-](O)(O)CC3)C1)c1c[nH]cn1. The van der Waals surface area contributed by atoms with Gasteiger partial charge in [0.15, 0.2) is 0 Å². The Hall–Kier alpha value is -3.09. The molecule has 4 N–H and O–H groups in total. The summed E-state index contributed by atoms with van der Waals surface area (Å²) in [6.07, 6.45) is 3.07. The van der Waals surface area contributed by atoms with Crippen molar-refractivity contribution in [2.45, 2.75) is 24.9 Å². The topological polar surface area (TPSA) is 148 Å². The second kappa shape index (κ2) is 7.87. The molecule has 12 heteroatoms. The standard InChI is InChI=1S/C19H24BN4O7/c1-23(2)16(13-7-21-10-22-13)18(25)24-8-12(9-24)30-14-4-3-11-5-6-20(28,29)31-17(11)15(14)19(26)27/h3-4,7,10,12,16,28-29H,5-6,8-9H2,1-2H3,(H,21,22)(H,26,27)/q-1. The van der Waals surface area contributed by atoms with Gasteiger partial charge in [-0.1, -0.05) is 12.4 Å². The smallest absolute Gasteiger partial charge is 0.430 e. The third kappa shape index (κ3) is 4.09. The number of hydrogen-bond donors (Lipinski definition) is 4. The normalized spacial score (nSPS) is 18.7. The van der Waals surface area contributed by atoms with Gasteiger partial charge in [0, 0.05) is 6.20 Å². The molecule has 1 amide bonds. The maximum absolute atomic E-state index is 12.9. The van der Waals surface area contributed by atoms with Gasteiger partial charge in [-0.2, -0.15) is 0 Å². The van der Waals surface area contributed by atoms with Crippen LogP contribution in [0.1, 0.15) is 27.7 Å². The second-order valence-corrected chi connectivity index (χ2v) is 8.09. The van der Waals surface area contributed by atoms with Crippen molar-refractivity contribution in [2.75, 3.05) is 27.2 Å². The highest BCUT2D eigenvalue weighted by Gasteiger charge is 2.39. The molecule has 1 saturated heterocycles. The number of fused-ring (bicyclic) bond motifs is 1. The minimum absolute atomic E-state index is 0.00496. The lowest BCUT2D eigenvalue weighted by molar-refractivity contribution is -0.145. The average Bonchev–Trinajstić information content (AvgIpc) is 3.16. The molecule has 1 aromatic heterocycles. The van der Waals surface area contributed by atoms with Crippen LogP contribution in [0.3, 0.4) is 0 Å². The number of nitrogens with zero attached hydrogens (tertiary/aromatic N) is 3. The molecular weight excluding hydrogens is 407 g/mol. The molecule has 1 unspecified atom stereocenters. The lowest BCUT2D eigenvalue weighted by Gasteiger charge is -2.42. The number of aromatic carboxylic acids is 1. The van der Waals surface area contributed by atoms with Gasteiger partial charge < -0.3 is 34.4 Å². The van der Waals surface area contributed by atoms with E-state index in [1.807, 2.05) is 0 Å². The Morgan fingerprint density at radius 3 is 2.71 bits per heavy atom. The van der Waals surface area contributed by atoms with Crippen molar-refractivity contribution < 1.29 is 34.1 Å². The molecule has 1 aromatic carbocycles. The number of aromatic nitrogens is 2. The van der Waals surface area contributed by atoms with E-state index in [0.29, 0.717) is 24.3 Å². The van der Waals surface area contributed by atoms with E-state index in [2.05, 4.69) is 9.97 Å². The number of hydrogen-bond acceptors (Lipinski definition) is 8. The van der Waals surface area contributed by atoms with Gasteiger partial charge in [-0.15, -0.1) is 0 Å². The number of H-pyrrole nitrogens is 1. The fourth-order valence-electron chi connectivity index (χ4n) is 3.91. The average molecular weight is 431 g/mol. The van der Waals surface area contributed by atoms with Crippen molar-refractivity contribution in [1.82, 2.24) is 19.8 Å². The van der Waals surface area contributed by atoms with Gasteiger partial charge in [0.1, 0.15) is 23.5 Å². The predicted octanol–water partition coefficient (Wildman–Crippen LogP) is -0.141. The van der Waals surface area contributed by atoms with E-state index in [0.717, 1.165) is 0 Å². The fourth-order valence-corrected chi connectivity index (χ4v) is 3.91. The molecule has 31 heavy (non-hydrogen) atoms. The number of imidazole rings is 1. The zero-order chi connectivity index (χ0) is 22.3. The first-order valence-electron chi connectivity index (χ1n) is 9.95. The van der Waals surface area contributed by atoms with E-state index >= 15 is 0 Å². The predicted molar refractivity (Wildman–Crippen MR) is 109 cm³/mol. The largest absolute Gasteiger partial charge is 0.669 e. The molecule has 0 aliphatic carbocycles. The minimum atomic E-state index is -3.11. The first-order valence-corrected chi connectivity index (χ1v) is 9.95. The third-order valence-corrected chi connectivity index (χ3v) is 5.51. The zero-order valence-corrected chi connectivity index (χ0v) is 17.2. The molecular formula is C19H24BN4O7-. The molecule has 1 atom stereocenters. The van der Waals surface area contributed by atoms with Crippen molar-refractivity contribution in [3.63, 3.8) is 0 Å². The molecule has 166 valence electrons. The van der Waals surface area contributed by atoms with E-state index in [4.69, 9.17) is 9.39 Å². The Morgan fingerprint density at radius 2 is 2.10 bits per heavy atom. The van der Waals surface area contributed by atoms with Crippen molar-refractivity contribution in [2.24, 2.45) is 0 Å². The van der Waals surface area contributed by atoms with Crippen LogP contribution in [0, 0.1) is 0 Å². The van der Waals surface area contributed by atoms with Crippen LogP contribution in [-0.4, -0.2) is 86.8 Å². The highest BCUT2D eigenvalue weighted by atomic mass is 16.6. The van der Waals surface area contributed by atoms with E-state index in [1.54, 1.807) is 36.2 Å². The number of likely N-dealkylation sites (N-methyl/N-ethyl adjacent to an activating group) is 1. The number of carbonyl (C=O) groups is 2. The molecule has 1 fully saturated rings. The Kier molecular flexibility index (Phi) is 5.37. The summed E-state index contributed by atoms with van der Waals surface area (Å²) < 4.78 is 11.0. The number of benzene rings is 1. The van der Waals surface area contributed by atoms with Crippen LogP contribution in [0.5, 0.6) is 11.5 Å². The highest BCUT2D eigenvalue weighted by molar-refractivity contribution is 6.59. The van der Waals surface area contributed by atoms with Gasteiger partial charge in [0.05, 0.1) is 30.9 Å². The summed E-state index contributed by atoms with van der Waals surface area (Å²) >= 11 is 0. The summed E-state index contributed by atoms with van der Waals surface area (Å²) in [5.41, 5.74) is 0.931. The molecule has 11 nitrogen and oxygen atoms in total. The first kappa shape index (κ1) is 21.2. The molecule has 0 saturated carbocycles. The molecule has 0 radical (unpaired) electrons. The fraction of sp³-hybridized carbons (Fsp3) is 0.421.